The van der Waals surface area contributed by atoms with Crippen molar-refractivity contribution in [2.24, 2.45) is 5.34 Å². The lowest BCUT2D eigenvalue weighted by Gasteiger charge is -2.44. The third-order valence-corrected chi connectivity index (χ3v) is 5.53. The number of anilines is 1. The van der Waals surface area contributed by atoms with Gasteiger partial charge in [-0.15, -0.1) is 17.5 Å². The molecule has 0 fully saturated rings. The van der Waals surface area contributed by atoms with Crippen molar-refractivity contribution in [3.63, 3.8) is 0 Å². The Balaban J connectivity index is 2.02. The Kier molecular flexibility index (Phi) is 4.27. The van der Waals surface area contributed by atoms with Crippen LogP contribution in [0.4, 0.5) is 11.4 Å². The number of thiol groups is 1. The normalized spacial score (nSPS) is 19.5. The van der Waals surface area contributed by atoms with Gasteiger partial charge in [-0.3, -0.25) is 4.48 Å². The minimum Gasteiger partial charge on any atom is -0.359 e. The summed E-state index contributed by atoms with van der Waals surface area (Å²) in [6.45, 7) is 5.45. The fourth-order valence-corrected chi connectivity index (χ4v) is 3.53. The maximum atomic E-state index is 10.2. The molecule has 1 heterocycles. The Bertz CT molecular complexity index is 779. The van der Waals surface area contributed by atoms with Crippen LogP contribution in [0.15, 0.2) is 52.7 Å². The minimum atomic E-state index is -0.190. The number of benzene rings is 2. The molecule has 1 unspecified atom stereocenters. The van der Waals surface area contributed by atoms with Crippen LogP contribution in [-0.2, 0) is 17.0 Å². The van der Waals surface area contributed by atoms with Crippen LogP contribution in [0, 0.1) is 4.91 Å². The van der Waals surface area contributed by atoms with E-state index in [4.69, 9.17) is 0 Å². The molecule has 0 amide bonds. The average molecular weight is 344 g/mol. The topological polar surface area (TPSA) is 50.7 Å². The van der Waals surface area contributed by atoms with E-state index in [0.29, 0.717) is 4.48 Å². The largest absolute Gasteiger partial charge is 0.359 e. The molecule has 0 aromatic heterocycles. The van der Waals surface area contributed by atoms with Crippen molar-refractivity contribution in [3.8, 4) is 0 Å². The standard InChI is InChI=1S/C18H21N3O2S/c1-18(2,14-6-4-5-13(9-14)11-23-20-22)21(3)12-19-16-8-7-15(24)10-17(16)21/h4-10,19H,11-12H2,1-3H3/p+1. The van der Waals surface area contributed by atoms with Gasteiger partial charge in [0.25, 0.3) is 0 Å². The van der Waals surface area contributed by atoms with E-state index in [0.717, 1.165) is 22.8 Å². The smallest absolute Gasteiger partial charge is 0.159 e. The molecular weight excluding hydrogens is 322 g/mol. The molecule has 0 saturated heterocycles. The van der Waals surface area contributed by atoms with E-state index in [1.54, 1.807) is 0 Å². The van der Waals surface area contributed by atoms with Gasteiger partial charge in [0.05, 0.1) is 7.05 Å². The zero-order valence-corrected chi connectivity index (χ0v) is 15.0. The molecule has 6 heteroatoms. The molecule has 0 spiro atoms. The third-order valence-electron chi connectivity index (χ3n) is 5.25. The van der Waals surface area contributed by atoms with Crippen LogP contribution in [0.1, 0.15) is 25.0 Å². The number of rotatable bonds is 5. The van der Waals surface area contributed by atoms with Gasteiger partial charge in [-0.25, -0.2) is 0 Å². The summed E-state index contributed by atoms with van der Waals surface area (Å²) >= 11 is 4.50. The molecule has 1 aliphatic rings. The van der Waals surface area contributed by atoms with Crippen LogP contribution >= 0.6 is 12.6 Å². The first-order chi connectivity index (χ1) is 11.4. The van der Waals surface area contributed by atoms with E-state index in [2.05, 4.69) is 73.3 Å². The fourth-order valence-electron chi connectivity index (χ4n) is 3.33. The van der Waals surface area contributed by atoms with Gasteiger partial charge in [0, 0.05) is 16.5 Å². The first-order valence-electron chi connectivity index (χ1n) is 7.85. The lowest BCUT2D eigenvalue weighted by molar-refractivity contribution is 0.125. The Morgan fingerprint density at radius 3 is 2.83 bits per heavy atom. The first kappa shape index (κ1) is 16.8. The van der Waals surface area contributed by atoms with Crippen LogP contribution in [0.5, 0.6) is 0 Å². The number of nitrogens with one attached hydrogen (secondary N) is 1. The Morgan fingerprint density at radius 2 is 2.08 bits per heavy atom. The second-order valence-electron chi connectivity index (χ2n) is 6.84. The van der Waals surface area contributed by atoms with E-state index in [-0.39, 0.29) is 12.1 Å². The second-order valence-corrected chi connectivity index (χ2v) is 7.35. The number of nitrogens with zero attached hydrogens (tertiary/aromatic N) is 2. The number of hydrogen-bond acceptors (Lipinski definition) is 5. The highest BCUT2D eigenvalue weighted by Gasteiger charge is 2.48. The van der Waals surface area contributed by atoms with Crippen molar-refractivity contribution in [2.75, 3.05) is 19.0 Å². The van der Waals surface area contributed by atoms with E-state index in [9.17, 15) is 4.91 Å². The molecule has 2 aromatic carbocycles. The van der Waals surface area contributed by atoms with Crippen molar-refractivity contribution < 1.29 is 4.84 Å². The maximum Gasteiger partial charge on any atom is 0.159 e. The molecule has 0 radical (unpaired) electrons. The summed E-state index contributed by atoms with van der Waals surface area (Å²) in [5.74, 6) is 0. The van der Waals surface area contributed by atoms with Gasteiger partial charge in [0.2, 0.25) is 0 Å². The van der Waals surface area contributed by atoms with Gasteiger partial charge >= 0.3 is 0 Å². The average Bonchev–Trinajstić information content (AvgIpc) is 2.91. The molecule has 126 valence electrons. The quantitative estimate of drug-likeness (QED) is 0.365. The molecule has 0 saturated carbocycles. The maximum absolute atomic E-state index is 10.2. The van der Waals surface area contributed by atoms with Crippen molar-refractivity contribution in [3.05, 3.63) is 58.5 Å². The summed E-state index contributed by atoms with van der Waals surface area (Å²) in [4.78, 5) is 15.8. The van der Waals surface area contributed by atoms with Gasteiger partial charge in [0.1, 0.15) is 17.8 Å². The van der Waals surface area contributed by atoms with E-state index < -0.39 is 0 Å². The minimum absolute atomic E-state index is 0.187. The van der Waals surface area contributed by atoms with E-state index in [1.165, 1.54) is 11.3 Å². The summed E-state index contributed by atoms with van der Waals surface area (Å²) in [6.07, 6.45) is 0. The molecule has 0 aliphatic carbocycles. The van der Waals surface area contributed by atoms with Crippen molar-refractivity contribution in [1.82, 2.24) is 4.48 Å². The Morgan fingerprint density at radius 1 is 1.29 bits per heavy atom. The zero-order chi connectivity index (χ0) is 17.4. The predicted octanol–water partition coefficient (Wildman–Crippen LogP) is 4.43. The summed E-state index contributed by atoms with van der Waals surface area (Å²) < 4.78 is 0.715. The predicted molar refractivity (Wildman–Crippen MR) is 100.0 cm³/mol. The molecule has 5 nitrogen and oxygen atoms in total. The molecular formula is C18H22N3O2S+. The zero-order valence-electron chi connectivity index (χ0n) is 14.1. The summed E-state index contributed by atoms with van der Waals surface area (Å²) in [7, 11) is 2.22. The molecule has 1 N–H and O–H groups in total. The molecule has 2 aromatic rings. The van der Waals surface area contributed by atoms with Crippen LogP contribution in [-0.4, -0.2) is 13.7 Å². The van der Waals surface area contributed by atoms with Crippen molar-refractivity contribution in [2.45, 2.75) is 30.9 Å². The monoisotopic (exact) mass is 344 g/mol. The van der Waals surface area contributed by atoms with Crippen LogP contribution in [0.25, 0.3) is 0 Å². The van der Waals surface area contributed by atoms with Crippen molar-refractivity contribution in [1.29, 1.82) is 0 Å². The van der Waals surface area contributed by atoms with Crippen molar-refractivity contribution >= 4 is 24.0 Å². The van der Waals surface area contributed by atoms with Gasteiger partial charge in [-0.2, -0.15) is 0 Å². The summed E-state index contributed by atoms with van der Waals surface area (Å²) in [5.41, 5.74) is 4.29. The van der Waals surface area contributed by atoms with Gasteiger partial charge < -0.3 is 10.2 Å². The second kappa shape index (κ2) is 6.11. The number of fused-ring (bicyclic) bond motifs is 1. The molecule has 3 rings (SSSR count). The van der Waals surface area contributed by atoms with Crippen LogP contribution < -0.4 is 9.80 Å². The summed E-state index contributed by atoms with van der Waals surface area (Å²) in [5, 5.41) is 5.98. The molecule has 1 atom stereocenters. The number of quaternary nitrogens is 1. The number of hydrogen-bond donors (Lipinski definition) is 2. The van der Waals surface area contributed by atoms with Gasteiger partial charge in [-0.05, 0) is 37.6 Å². The summed E-state index contributed by atoms with van der Waals surface area (Å²) in [6, 6.07) is 14.3. The highest BCUT2D eigenvalue weighted by molar-refractivity contribution is 7.80. The fraction of sp³-hybridized carbons (Fsp3) is 0.333. The van der Waals surface area contributed by atoms with Crippen LogP contribution in [0.3, 0.4) is 0 Å². The molecule has 1 aliphatic heterocycles. The Hall–Kier alpha value is -2.05. The Labute approximate surface area is 147 Å². The van der Waals surface area contributed by atoms with E-state index >= 15 is 0 Å². The lowest BCUT2D eigenvalue weighted by Crippen LogP contribution is -2.57. The SMILES string of the molecule is CC(C)(c1cccc(CON=O)c1)[N+]1(C)CNc2ccc(S)cc21. The van der Waals surface area contributed by atoms with E-state index in [1.807, 2.05) is 18.2 Å². The van der Waals surface area contributed by atoms with Crippen LogP contribution in [0.2, 0.25) is 0 Å². The molecule has 0 bridgehead atoms. The van der Waals surface area contributed by atoms with Gasteiger partial charge in [-0.1, -0.05) is 18.2 Å². The van der Waals surface area contributed by atoms with Gasteiger partial charge in [0.15, 0.2) is 17.7 Å². The third kappa shape index (κ3) is 2.65. The first-order valence-corrected chi connectivity index (χ1v) is 8.30. The lowest BCUT2D eigenvalue weighted by atomic mass is 9.88. The highest BCUT2D eigenvalue weighted by Crippen LogP contribution is 2.46. The molecule has 24 heavy (non-hydrogen) atoms. The highest BCUT2D eigenvalue weighted by atomic mass is 32.1.